The quantitative estimate of drug-likeness (QED) is 0.696. The van der Waals surface area contributed by atoms with Crippen molar-refractivity contribution in [1.82, 2.24) is 10.2 Å². The van der Waals surface area contributed by atoms with E-state index in [0.29, 0.717) is 10.5 Å². The van der Waals surface area contributed by atoms with Gasteiger partial charge in [-0.25, -0.2) is 8.78 Å². The van der Waals surface area contributed by atoms with Crippen molar-refractivity contribution in [1.29, 1.82) is 5.41 Å². The molecule has 25 heavy (non-hydrogen) atoms. The number of amidine groups is 1. The molecule has 0 radical (unpaired) electrons. The van der Waals surface area contributed by atoms with Gasteiger partial charge in [0.25, 0.3) is 11.8 Å². The molecule has 0 saturated carbocycles. The van der Waals surface area contributed by atoms with Gasteiger partial charge in [0.2, 0.25) is 5.91 Å². The van der Waals surface area contributed by atoms with Crippen LogP contribution in [0.25, 0.3) is 10.8 Å². The first-order valence-electron chi connectivity index (χ1n) is 7.49. The number of alkyl halides is 2. The zero-order valence-electron chi connectivity index (χ0n) is 13.0. The number of rotatable bonds is 3. The van der Waals surface area contributed by atoms with E-state index in [0.717, 1.165) is 14.3 Å². The molecule has 3 rings (SSSR count). The highest BCUT2D eigenvalue weighted by atomic mass is 127. The van der Waals surface area contributed by atoms with E-state index >= 15 is 0 Å². The molecule has 1 fully saturated rings. The fourth-order valence-corrected chi connectivity index (χ4v) is 3.28. The van der Waals surface area contributed by atoms with Crippen molar-refractivity contribution in [2.45, 2.75) is 12.3 Å². The number of carbonyl (C=O) groups excluding carboxylic acids is 2. The van der Waals surface area contributed by atoms with Gasteiger partial charge >= 0.3 is 0 Å². The third-order valence-corrected chi connectivity index (χ3v) is 4.60. The second-order valence-corrected chi connectivity index (χ2v) is 7.06. The molecule has 0 bridgehead atoms. The highest BCUT2D eigenvalue weighted by Gasteiger charge is 2.44. The van der Waals surface area contributed by atoms with Crippen LogP contribution in [0.3, 0.4) is 0 Å². The Morgan fingerprint density at radius 1 is 1.28 bits per heavy atom. The van der Waals surface area contributed by atoms with Crippen molar-refractivity contribution in [2.75, 3.05) is 13.1 Å². The van der Waals surface area contributed by atoms with Gasteiger partial charge in [0.05, 0.1) is 19.5 Å². The first-order valence-corrected chi connectivity index (χ1v) is 8.57. The molecule has 1 aliphatic rings. The van der Waals surface area contributed by atoms with Crippen molar-refractivity contribution in [3.63, 3.8) is 0 Å². The molecule has 2 N–H and O–H groups in total. The van der Waals surface area contributed by atoms with E-state index in [1.807, 2.05) is 24.3 Å². The van der Waals surface area contributed by atoms with E-state index in [-0.39, 0.29) is 0 Å². The number of likely N-dealkylation sites (tertiary alicyclic amines) is 1. The fourth-order valence-electron chi connectivity index (χ4n) is 2.76. The maximum atomic E-state index is 13.3. The number of nitrogens with one attached hydrogen (secondary N) is 2. The minimum atomic E-state index is -3.08. The molecule has 130 valence electrons. The molecule has 1 heterocycles. The monoisotopic (exact) mass is 457 g/mol. The van der Waals surface area contributed by atoms with Gasteiger partial charge in [-0.3, -0.25) is 19.9 Å². The molecule has 0 atom stereocenters. The summed E-state index contributed by atoms with van der Waals surface area (Å²) in [5.41, 5.74) is 0.406. The van der Waals surface area contributed by atoms with Gasteiger partial charge in [0, 0.05) is 9.13 Å². The molecule has 0 spiro atoms. The van der Waals surface area contributed by atoms with E-state index in [1.54, 1.807) is 12.1 Å². The average Bonchev–Trinajstić information content (AvgIpc) is 2.84. The van der Waals surface area contributed by atoms with Gasteiger partial charge in [0.15, 0.2) is 0 Å². The van der Waals surface area contributed by atoms with E-state index < -0.39 is 43.1 Å². The summed E-state index contributed by atoms with van der Waals surface area (Å²) in [4.78, 5) is 25.1. The number of fused-ring (bicyclic) bond motifs is 1. The Labute approximate surface area is 156 Å². The van der Waals surface area contributed by atoms with Crippen LogP contribution in [0, 0.1) is 8.98 Å². The smallest absolute Gasteiger partial charge is 0.272 e. The molecule has 0 aromatic heterocycles. The fraction of sp³-hybridized carbons (Fsp3) is 0.235. The first-order chi connectivity index (χ1) is 11.8. The van der Waals surface area contributed by atoms with Crippen LogP contribution in [0.4, 0.5) is 8.78 Å². The summed E-state index contributed by atoms with van der Waals surface area (Å²) in [5, 5.41) is 11.6. The number of halogens is 3. The lowest BCUT2D eigenvalue weighted by Crippen LogP contribution is -2.41. The van der Waals surface area contributed by atoms with Crippen LogP contribution in [0.5, 0.6) is 0 Å². The SMILES string of the molecule is N=C1CC(F)(F)CN1C(=O)CNC(=O)c1cccc2cc(I)ccc12. The molecule has 8 heteroatoms. The van der Waals surface area contributed by atoms with Crippen molar-refractivity contribution in [3.8, 4) is 0 Å². The second kappa shape index (κ2) is 6.66. The zero-order valence-corrected chi connectivity index (χ0v) is 15.1. The summed E-state index contributed by atoms with van der Waals surface area (Å²) >= 11 is 2.18. The van der Waals surface area contributed by atoms with E-state index in [4.69, 9.17) is 5.41 Å². The van der Waals surface area contributed by atoms with Crippen molar-refractivity contribution >= 4 is 51.0 Å². The predicted octanol–water partition coefficient (Wildman–Crippen LogP) is 3.02. The Morgan fingerprint density at radius 3 is 2.72 bits per heavy atom. The van der Waals surface area contributed by atoms with Gasteiger partial charge in [0.1, 0.15) is 5.84 Å². The van der Waals surface area contributed by atoms with Gasteiger partial charge in [-0.2, -0.15) is 0 Å². The molecule has 2 aromatic carbocycles. The summed E-state index contributed by atoms with van der Waals surface area (Å²) in [6, 6.07) is 10.9. The molecular formula is C17H14F2IN3O2. The first kappa shape index (κ1) is 17.7. The third kappa shape index (κ3) is 3.78. The summed E-state index contributed by atoms with van der Waals surface area (Å²) in [7, 11) is 0. The van der Waals surface area contributed by atoms with Crippen molar-refractivity contribution in [2.24, 2.45) is 0 Å². The van der Waals surface area contributed by atoms with E-state index in [1.165, 1.54) is 0 Å². The Bertz CT molecular complexity index is 885. The van der Waals surface area contributed by atoms with Gasteiger partial charge in [-0.15, -0.1) is 0 Å². The van der Waals surface area contributed by atoms with Crippen LogP contribution in [0.15, 0.2) is 36.4 Å². The molecule has 0 aliphatic carbocycles. The lowest BCUT2D eigenvalue weighted by Gasteiger charge is -2.16. The van der Waals surface area contributed by atoms with Crippen molar-refractivity contribution < 1.29 is 18.4 Å². The number of benzene rings is 2. The normalized spacial score (nSPS) is 16.3. The number of amides is 2. The maximum absolute atomic E-state index is 13.3. The maximum Gasteiger partial charge on any atom is 0.272 e. The predicted molar refractivity (Wildman–Crippen MR) is 98.0 cm³/mol. The number of hydrogen-bond donors (Lipinski definition) is 2. The molecule has 1 aliphatic heterocycles. The van der Waals surface area contributed by atoms with Crippen LogP contribution in [0.1, 0.15) is 16.8 Å². The summed E-state index contributed by atoms with van der Waals surface area (Å²) in [6.45, 7) is -1.24. The number of carbonyl (C=O) groups is 2. The molecule has 5 nitrogen and oxygen atoms in total. The zero-order chi connectivity index (χ0) is 18.2. The van der Waals surface area contributed by atoms with Gasteiger partial charge in [-0.1, -0.05) is 18.2 Å². The molecule has 2 amide bonds. The van der Waals surface area contributed by atoms with E-state index in [9.17, 15) is 18.4 Å². The topological polar surface area (TPSA) is 73.3 Å². The van der Waals surface area contributed by atoms with Crippen LogP contribution in [0.2, 0.25) is 0 Å². The lowest BCUT2D eigenvalue weighted by atomic mass is 10.0. The second-order valence-electron chi connectivity index (χ2n) is 5.81. The van der Waals surface area contributed by atoms with Gasteiger partial charge in [-0.05, 0) is 51.6 Å². The van der Waals surface area contributed by atoms with Crippen LogP contribution in [-0.4, -0.2) is 41.6 Å². The Hall–Kier alpha value is -2.10. The molecule has 2 aromatic rings. The standard InChI is InChI=1S/C17H14F2IN3O2/c18-17(19)7-14(21)23(9-17)15(24)8-22-16(25)13-3-1-2-10-6-11(20)4-5-12(10)13/h1-6,21H,7-9H2,(H,22,25). The largest absolute Gasteiger partial charge is 0.343 e. The third-order valence-electron chi connectivity index (χ3n) is 3.93. The average molecular weight is 457 g/mol. The Balaban J connectivity index is 1.71. The van der Waals surface area contributed by atoms with E-state index in [2.05, 4.69) is 27.9 Å². The minimum Gasteiger partial charge on any atom is -0.343 e. The van der Waals surface area contributed by atoms with Crippen LogP contribution in [-0.2, 0) is 4.79 Å². The Kier molecular flexibility index (Phi) is 4.72. The van der Waals surface area contributed by atoms with Crippen LogP contribution < -0.4 is 5.32 Å². The minimum absolute atomic E-state index is 0.406. The van der Waals surface area contributed by atoms with Gasteiger partial charge < -0.3 is 5.32 Å². The lowest BCUT2D eigenvalue weighted by molar-refractivity contribution is -0.128. The Morgan fingerprint density at radius 2 is 2.04 bits per heavy atom. The summed E-state index contributed by atoms with van der Waals surface area (Å²) < 4.78 is 27.5. The highest BCUT2D eigenvalue weighted by Crippen LogP contribution is 2.28. The highest BCUT2D eigenvalue weighted by molar-refractivity contribution is 14.1. The van der Waals surface area contributed by atoms with Crippen LogP contribution >= 0.6 is 22.6 Å². The summed E-state index contributed by atoms with van der Waals surface area (Å²) in [6.07, 6.45) is -0.755. The number of nitrogens with zero attached hydrogens (tertiary/aromatic N) is 1. The molecular weight excluding hydrogens is 443 g/mol. The van der Waals surface area contributed by atoms with Crippen molar-refractivity contribution in [3.05, 3.63) is 45.5 Å². The molecule has 1 saturated heterocycles. The molecule has 0 unspecified atom stereocenters. The summed E-state index contributed by atoms with van der Waals surface area (Å²) in [5.74, 6) is -4.68. The number of hydrogen-bond acceptors (Lipinski definition) is 3.